The summed E-state index contributed by atoms with van der Waals surface area (Å²) < 4.78 is 0. The number of fused-ring (bicyclic) bond motifs is 5. The molecule has 5 atom stereocenters. The minimum Gasteiger partial charge on any atom is -0.377 e. The zero-order valence-electron chi connectivity index (χ0n) is 15.3. The number of carbonyl (C=O) groups is 2. The van der Waals surface area contributed by atoms with Gasteiger partial charge >= 0.3 is 0 Å². The second-order valence-electron chi connectivity index (χ2n) is 8.71. The molecule has 0 spiro atoms. The summed E-state index contributed by atoms with van der Waals surface area (Å²) in [4.78, 5) is 24.1. The maximum Gasteiger partial charge on any atom is 0.178 e. The molecule has 4 rings (SSSR count). The SMILES string of the molecule is C=C1C[C@H]2[C@@H]3CCC4=CC(=O)C=C[C@]4(C)C3=CC[C@]2(C)C1(O)C(C)=O. The first-order valence-electron chi connectivity index (χ1n) is 9.21. The fourth-order valence-electron chi connectivity index (χ4n) is 6.14. The third-order valence-corrected chi connectivity index (χ3v) is 7.65. The van der Waals surface area contributed by atoms with Gasteiger partial charge in [0.05, 0.1) is 0 Å². The first-order valence-corrected chi connectivity index (χ1v) is 9.21. The van der Waals surface area contributed by atoms with Crippen LogP contribution in [-0.2, 0) is 9.59 Å². The van der Waals surface area contributed by atoms with Crippen LogP contribution in [0.25, 0.3) is 0 Å². The molecule has 0 aromatic heterocycles. The van der Waals surface area contributed by atoms with Crippen molar-refractivity contribution in [3.8, 4) is 0 Å². The van der Waals surface area contributed by atoms with Crippen LogP contribution in [0.5, 0.6) is 0 Å². The Morgan fingerprint density at radius 2 is 2.08 bits per heavy atom. The molecule has 4 aliphatic rings. The minimum atomic E-state index is -1.42. The van der Waals surface area contributed by atoms with E-state index in [-0.39, 0.29) is 22.9 Å². The molecule has 1 unspecified atom stereocenters. The summed E-state index contributed by atoms with van der Waals surface area (Å²) in [6.07, 6.45) is 11.0. The van der Waals surface area contributed by atoms with Crippen LogP contribution in [0.4, 0.5) is 0 Å². The zero-order chi connectivity index (χ0) is 18.2. The summed E-state index contributed by atoms with van der Waals surface area (Å²) >= 11 is 0. The molecule has 0 radical (unpaired) electrons. The molecule has 25 heavy (non-hydrogen) atoms. The molecule has 2 fully saturated rings. The van der Waals surface area contributed by atoms with Crippen LogP contribution in [-0.4, -0.2) is 22.3 Å². The molecule has 0 bridgehead atoms. The summed E-state index contributed by atoms with van der Waals surface area (Å²) in [5.74, 6) is 0.430. The second kappa shape index (κ2) is 4.91. The van der Waals surface area contributed by atoms with Crippen LogP contribution in [0.2, 0.25) is 0 Å². The number of allylic oxidation sites excluding steroid dienone is 6. The smallest absolute Gasteiger partial charge is 0.178 e. The van der Waals surface area contributed by atoms with Gasteiger partial charge in [-0.3, -0.25) is 9.59 Å². The molecule has 0 saturated heterocycles. The van der Waals surface area contributed by atoms with Crippen molar-refractivity contribution >= 4 is 11.6 Å². The molecule has 0 amide bonds. The van der Waals surface area contributed by atoms with Gasteiger partial charge in [-0.2, -0.15) is 0 Å². The Balaban J connectivity index is 1.82. The molecular formula is C22H26O3. The predicted molar refractivity (Wildman–Crippen MR) is 96.7 cm³/mol. The minimum absolute atomic E-state index is 0.0763. The Morgan fingerprint density at radius 3 is 2.76 bits per heavy atom. The highest BCUT2D eigenvalue weighted by Gasteiger charge is 2.65. The highest BCUT2D eigenvalue weighted by molar-refractivity contribution is 6.01. The molecule has 0 aliphatic heterocycles. The van der Waals surface area contributed by atoms with Crippen LogP contribution in [0, 0.1) is 22.7 Å². The van der Waals surface area contributed by atoms with E-state index < -0.39 is 11.0 Å². The summed E-state index contributed by atoms with van der Waals surface area (Å²) in [7, 11) is 0. The van der Waals surface area contributed by atoms with Gasteiger partial charge in [0.2, 0.25) is 0 Å². The van der Waals surface area contributed by atoms with E-state index in [9.17, 15) is 14.7 Å². The zero-order valence-corrected chi connectivity index (χ0v) is 15.3. The maximum absolute atomic E-state index is 12.3. The van der Waals surface area contributed by atoms with Crippen molar-refractivity contribution in [3.63, 3.8) is 0 Å². The molecule has 0 aromatic carbocycles. The van der Waals surface area contributed by atoms with Crippen molar-refractivity contribution in [2.75, 3.05) is 0 Å². The number of hydrogen-bond donors (Lipinski definition) is 1. The third-order valence-electron chi connectivity index (χ3n) is 7.65. The Bertz CT molecular complexity index is 798. The summed E-state index contributed by atoms with van der Waals surface area (Å²) in [6.45, 7) is 9.81. The average Bonchev–Trinajstić information content (AvgIpc) is 2.77. The number of rotatable bonds is 1. The van der Waals surface area contributed by atoms with Gasteiger partial charge in [0.25, 0.3) is 0 Å². The first-order chi connectivity index (χ1) is 11.6. The van der Waals surface area contributed by atoms with E-state index in [4.69, 9.17) is 0 Å². The number of Topliss-reactive ketones (excluding diaryl/α,β-unsaturated/α-hetero) is 1. The van der Waals surface area contributed by atoms with E-state index in [1.54, 1.807) is 12.2 Å². The standard InChI is InChI=1S/C22H26O3/c1-13-11-19-17-6-5-15-12-16(24)7-9-20(15,3)18(17)8-10-21(19,4)22(13,25)14(2)23/h7-9,12,17,19,25H,1,5-6,10-11H2,2-4H3/t17-,19+,20+,21+,22?/m1/s1. The van der Waals surface area contributed by atoms with Crippen molar-refractivity contribution in [1.29, 1.82) is 0 Å². The monoisotopic (exact) mass is 338 g/mol. The number of hydrogen-bond acceptors (Lipinski definition) is 3. The van der Waals surface area contributed by atoms with Crippen molar-refractivity contribution in [2.45, 2.75) is 52.1 Å². The second-order valence-corrected chi connectivity index (χ2v) is 8.71. The van der Waals surface area contributed by atoms with Crippen molar-refractivity contribution in [1.82, 2.24) is 0 Å². The predicted octanol–water partition coefficient (Wildman–Crippen LogP) is 3.70. The average molecular weight is 338 g/mol. The molecule has 0 aromatic rings. The molecule has 3 heteroatoms. The fraction of sp³-hybridized carbons (Fsp3) is 0.545. The Hall–Kier alpha value is -1.74. The van der Waals surface area contributed by atoms with Gasteiger partial charge in [-0.1, -0.05) is 36.8 Å². The highest BCUT2D eigenvalue weighted by atomic mass is 16.3. The first kappa shape index (κ1) is 16.7. The van der Waals surface area contributed by atoms with E-state index >= 15 is 0 Å². The van der Waals surface area contributed by atoms with Gasteiger partial charge in [0, 0.05) is 10.8 Å². The normalized spacial score (nSPS) is 45.3. The third kappa shape index (κ3) is 1.85. The number of ketones is 2. The lowest BCUT2D eigenvalue weighted by molar-refractivity contribution is -0.144. The van der Waals surface area contributed by atoms with Crippen molar-refractivity contribution in [3.05, 3.63) is 47.6 Å². The van der Waals surface area contributed by atoms with E-state index in [1.807, 2.05) is 6.08 Å². The van der Waals surface area contributed by atoms with Gasteiger partial charge in [-0.05, 0) is 69.1 Å². The molecule has 1 N–H and O–H groups in total. The number of carbonyl (C=O) groups excluding carboxylic acids is 2. The molecule has 3 nitrogen and oxygen atoms in total. The van der Waals surface area contributed by atoms with Gasteiger partial charge in [0.1, 0.15) is 5.60 Å². The Labute approximate surface area is 149 Å². The van der Waals surface area contributed by atoms with Gasteiger partial charge in [-0.25, -0.2) is 0 Å². The summed E-state index contributed by atoms with van der Waals surface area (Å²) in [5.41, 5.74) is 1.12. The molecule has 2 saturated carbocycles. The van der Waals surface area contributed by atoms with E-state index in [0.717, 1.165) is 12.8 Å². The fourth-order valence-corrected chi connectivity index (χ4v) is 6.14. The van der Waals surface area contributed by atoms with Crippen LogP contribution in [0.15, 0.2) is 47.6 Å². The van der Waals surface area contributed by atoms with Crippen molar-refractivity contribution in [2.24, 2.45) is 22.7 Å². The van der Waals surface area contributed by atoms with Crippen LogP contribution in [0.3, 0.4) is 0 Å². The quantitative estimate of drug-likeness (QED) is 0.742. The lowest BCUT2D eigenvalue weighted by Crippen LogP contribution is -2.54. The highest BCUT2D eigenvalue weighted by Crippen LogP contribution is 2.66. The van der Waals surface area contributed by atoms with Crippen LogP contribution < -0.4 is 0 Å². The molecule has 4 aliphatic carbocycles. The van der Waals surface area contributed by atoms with Gasteiger partial charge in [0.15, 0.2) is 11.6 Å². The van der Waals surface area contributed by atoms with Crippen LogP contribution in [0.1, 0.15) is 46.5 Å². The summed E-state index contributed by atoms with van der Waals surface area (Å²) in [5, 5.41) is 11.3. The van der Waals surface area contributed by atoms with E-state index in [2.05, 4.69) is 26.5 Å². The lowest BCUT2D eigenvalue weighted by atomic mass is 9.51. The molecule has 0 heterocycles. The Kier molecular flexibility index (Phi) is 3.28. The largest absolute Gasteiger partial charge is 0.377 e. The van der Waals surface area contributed by atoms with Gasteiger partial charge in [-0.15, -0.1) is 0 Å². The maximum atomic E-state index is 12.3. The van der Waals surface area contributed by atoms with Gasteiger partial charge < -0.3 is 5.11 Å². The Morgan fingerprint density at radius 1 is 1.36 bits per heavy atom. The molecule has 132 valence electrons. The topological polar surface area (TPSA) is 54.4 Å². The van der Waals surface area contributed by atoms with E-state index in [0.29, 0.717) is 24.3 Å². The lowest BCUT2D eigenvalue weighted by Gasteiger charge is -2.53. The number of aliphatic hydroxyl groups is 1. The van der Waals surface area contributed by atoms with Crippen molar-refractivity contribution < 1.29 is 14.7 Å². The van der Waals surface area contributed by atoms with Crippen LogP contribution >= 0.6 is 0 Å². The van der Waals surface area contributed by atoms with E-state index in [1.165, 1.54) is 18.1 Å². The molecular weight excluding hydrogens is 312 g/mol. The summed E-state index contributed by atoms with van der Waals surface area (Å²) in [6, 6.07) is 0.